The van der Waals surface area contributed by atoms with E-state index in [9.17, 15) is 9.90 Å². The van der Waals surface area contributed by atoms with Gasteiger partial charge in [-0.05, 0) is 18.2 Å². The van der Waals surface area contributed by atoms with Crippen LogP contribution in [-0.2, 0) is 7.05 Å². The van der Waals surface area contributed by atoms with Gasteiger partial charge in [0.2, 0.25) is 5.88 Å². The molecule has 7 heteroatoms. The molecule has 0 aliphatic heterocycles. The van der Waals surface area contributed by atoms with E-state index in [4.69, 9.17) is 4.98 Å². The summed E-state index contributed by atoms with van der Waals surface area (Å²) in [5.41, 5.74) is 2.52. The largest absolute Gasteiger partial charge is 0.493 e. The zero-order valence-electron chi connectivity index (χ0n) is 15.3. The first-order chi connectivity index (χ1) is 14.1. The summed E-state index contributed by atoms with van der Waals surface area (Å²) in [5.74, 6) is -0.0740. The number of aromatic hydroxyl groups is 1. The highest BCUT2D eigenvalue weighted by molar-refractivity contribution is 7.99. The van der Waals surface area contributed by atoms with Gasteiger partial charge in [0.15, 0.2) is 5.16 Å². The number of hydrogen-bond donors (Lipinski definition) is 1. The van der Waals surface area contributed by atoms with E-state index in [1.807, 2.05) is 59.0 Å². The third-order valence-corrected chi connectivity index (χ3v) is 6.30. The van der Waals surface area contributed by atoms with Crippen molar-refractivity contribution in [1.29, 1.82) is 0 Å². The van der Waals surface area contributed by atoms with E-state index in [-0.39, 0.29) is 11.4 Å². The minimum atomic E-state index is -0.244. The Morgan fingerprint density at radius 3 is 2.59 bits per heavy atom. The molecule has 0 unspecified atom stereocenters. The minimum absolute atomic E-state index is 0.0740. The standard InChI is InChI=1S/C22H14N4O2S/c1-25-20(27)17-16-13-9-5-6-10-14(13)24-18(16)15-11-23-22(26(15)19(17)21(25)28)29-12-7-3-2-4-8-12/h2-11,28H,1H3. The average molecular weight is 398 g/mol. The van der Waals surface area contributed by atoms with Gasteiger partial charge in [-0.25, -0.2) is 9.97 Å². The van der Waals surface area contributed by atoms with Crippen LogP contribution in [0.1, 0.15) is 0 Å². The third kappa shape index (κ3) is 2.10. The van der Waals surface area contributed by atoms with Crippen molar-refractivity contribution in [2.75, 3.05) is 0 Å². The Morgan fingerprint density at radius 1 is 1.00 bits per heavy atom. The fraction of sp³-hybridized carbons (Fsp3) is 0.0455. The van der Waals surface area contributed by atoms with Crippen molar-refractivity contribution in [1.82, 2.24) is 18.9 Å². The van der Waals surface area contributed by atoms with Crippen LogP contribution in [0.5, 0.6) is 5.88 Å². The molecule has 6 nitrogen and oxygen atoms in total. The smallest absolute Gasteiger partial charge is 0.263 e. The molecule has 0 saturated carbocycles. The fourth-order valence-electron chi connectivity index (χ4n) is 3.98. The number of rotatable bonds is 2. The lowest BCUT2D eigenvalue weighted by atomic mass is 10.1. The van der Waals surface area contributed by atoms with E-state index >= 15 is 0 Å². The number of benzene rings is 2. The van der Waals surface area contributed by atoms with Crippen LogP contribution >= 0.6 is 11.8 Å². The predicted octanol–water partition coefficient (Wildman–Crippen LogP) is 4.18. The molecule has 0 saturated heterocycles. The van der Waals surface area contributed by atoms with Crippen molar-refractivity contribution >= 4 is 50.0 Å². The second kappa shape index (κ2) is 5.71. The molecule has 1 N–H and O–H groups in total. The summed E-state index contributed by atoms with van der Waals surface area (Å²) in [6.07, 6.45) is 1.76. The summed E-state index contributed by atoms with van der Waals surface area (Å²) in [7, 11) is 1.58. The Labute approximate surface area is 168 Å². The molecule has 2 aromatic carbocycles. The molecule has 4 heterocycles. The summed E-state index contributed by atoms with van der Waals surface area (Å²) < 4.78 is 3.13. The molecule has 0 fully saturated rings. The van der Waals surface area contributed by atoms with Gasteiger partial charge < -0.3 is 5.11 Å². The van der Waals surface area contributed by atoms with Gasteiger partial charge in [-0.2, -0.15) is 0 Å². The van der Waals surface area contributed by atoms with Crippen LogP contribution in [0.2, 0.25) is 0 Å². The molecule has 4 aromatic heterocycles. The van der Waals surface area contributed by atoms with Crippen molar-refractivity contribution in [3.63, 3.8) is 0 Å². The number of aromatic nitrogens is 4. The Bertz CT molecular complexity index is 1620. The molecule has 0 aliphatic carbocycles. The van der Waals surface area contributed by atoms with Gasteiger partial charge in [-0.1, -0.05) is 48.2 Å². The van der Waals surface area contributed by atoms with Crippen molar-refractivity contribution in [2.45, 2.75) is 10.1 Å². The van der Waals surface area contributed by atoms with Gasteiger partial charge in [-0.15, -0.1) is 0 Å². The lowest BCUT2D eigenvalue weighted by molar-refractivity contribution is 0.433. The number of hydrogen-bond acceptors (Lipinski definition) is 5. The molecule has 0 amide bonds. The number of nitrogens with zero attached hydrogens (tertiary/aromatic N) is 4. The number of imidazole rings is 1. The van der Waals surface area contributed by atoms with Gasteiger partial charge in [0, 0.05) is 22.7 Å². The molecular weight excluding hydrogens is 384 g/mol. The number of pyridine rings is 1. The molecule has 140 valence electrons. The molecule has 0 atom stereocenters. The SMILES string of the molecule is Cn1c(O)c2c(c1=O)c1c3ccccc3nc1c1cnc(Sc3ccccc3)n12. The molecule has 0 aliphatic rings. The van der Waals surface area contributed by atoms with Crippen LogP contribution in [-0.4, -0.2) is 24.0 Å². The monoisotopic (exact) mass is 398 g/mol. The van der Waals surface area contributed by atoms with Crippen molar-refractivity contribution in [2.24, 2.45) is 7.05 Å². The van der Waals surface area contributed by atoms with E-state index < -0.39 is 0 Å². The van der Waals surface area contributed by atoms with Gasteiger partial charge >= 0.3 is 0 Å². The van der Waals surface area contributed by atoms with Crippen LogP contribution in [0.4, 0.5) is 0 Å². The molecule has 0 spiro atoms. The summed E-state index contributed by atoms with van der Waals surface area (Å²) in [6, 6.07) is 17.6. The normalized spacial score (nSPS) is 12.0. The topological polar surface area (TPSA) is 72.4 Å². The zero-order valence-corrected chi connectivity index (χ0v) is 16.1. The highest BCUT2D eigenvalue weighted by Crippen LogP contribution is 2.39. The van der Waals surface area contributed by atoms with Crippen LogP contribution in [0.25, 0.3) is 38.2 Å². The number of fused-ring (bicyclic) bond motifs is 8. The van der Waals surface area contributed by atoms with Crippen molar-refractivity contribution in [3.8, 4) is 5.88 Å². The van der Waals surface area contributed by atoms with E-state index in [0.29, 0.717) is 21.6 Å². The quantitative estimate of drug-likeness (QED) is 0.474. The third-order valence-electron chi connectivity index (χ3n) is 5.33. The van der Waals surface area contributed by atoms with Gasteiger partial charge in [0.25, 0.3) is 5.56 Å². The number of para-hydroxylation sites is 1. The Hall–Kier alpha value is -3.58. The summed E-state index contributed by atoms with van der Waals surface area (Å²) in [5, 5.41) is 13.6. The molecule has 29 heavy (non-hydrogen) atoms. The average Bonchev–Trinajstić information content (AvgIpc) is 3.39. The minimum Gasteiger partial charge on any atom is -0.493 e. The Morgan fingerprint density at radius 2 is 1.76 bits per heavy atom. The first kappa shape index (κ1) is 16.4. The van der Waals surface area contributed by atoms with Crippen LogP contribution in [0.3, 0.4) is 0 Å². The highest BCUT2D eigenvalue weighted by Gasteiger charge is 2.25. The summed E-state index contributed by atoms with van der Waals surface area (Å²) >= 11 is 1.48. The van der Waals surface area contributed by atoms with Crippen LogP contribution in [0, 0.1) is 0 Å². The second-order valence-electron chi connectivity index (χ2n) is 6.94. The Balaban J connectivity index is 1.84. The summed E-state index contributed by atoms with van der Waals surface area (Å²) in [4.78, 5) is 23.5. The maximum atomic E-state index is 13.1. The lowest BCUT2D eigenvalue weighted by Crippen LogP contribution is -2.09. The Kier molecular flexibility index (Phi) is 3.23. The zero-order chi connectivity index (χ0) is 19.7. The fourth-order valence-corrected chi connectivity index (χ4v) is 4.87. The molecule has 0 radical (unpaired) electrons. The van der Waals surface area contributed by atoms with Crippen LogP contribution in [0.15, 0.2) is 75.6 Å². The van der Waals surface area contributed by atoms with Crippen molar-refractivity contribution in [3.05, 3.63) is 71.1 Å². The van der Waals surface area contributed by atoms with E-state index in [1.165, 1.54) is 16.3 Å². The van der Waals surface area contributed by atoms with Crippen molar-refractivity contribution < 1.29 is 5.11 Å². The molecule has 0 bridgehead atoms. The van der Waals surface area contributed by atoms with Gasteiger partial charge in [-0.3, -0.25) is 13.8 Å². The van der Waals surface area contributed by atoms with Gasteiger partial charge in [0.05, 0.1) is 28.1 Å². The maximum Gasteiger partial charge on any atom is 0.263 e. The maximum absolute atomic E-state index is 13.1. The molecular formula is C22H14N4O2S. The summed E-state index contributed by atoms with van der Waals surface area (Å²) in [6.45, 7) is 0. The van der Waals surface area contributed by atoms with E-state index in [2.05, 4.69) is 4.98 Å². The molecule has 6 rings (SSSR count). The molecule has 6 aromatic rings. The van der Waals surface area contributed by atoms with E-state index in [0.717, 1.165) is 26.7 Å². The van der Waals surface area contributed by atoms with Gasteiger partial charge in [0.1, 0.15) is 5.52 Å². The van der Waals surface area contributed by atoms with Crippen LogP contribution < -0.4 is 5.56 Å². The second-order valence-corrected chi connectivity index (χ2v) is 7.98. The lowest BCUT2D eigenvalue weighted by Gasteiger charge is -2.05. The first-order valence-electron chi connectivity index (χ1n) is 9.11. The predicted molar refractivity (Wildman–Crippen MR) is 114 cm³/mol. The van der Waals surface area contributed by atoms with E-state index in [1.54, 1.807) is 13.2 Å². The first-order valence-corrected chi connectivity index (χ1v) is 9.92. The highest BCUT2D eigenvalue weighted by atomic mass is 32.2.